The van der Waals surface area contributed by atoms with Crippen molar-refractivity contribution < 1.29 is 17.6 Å². The van der Waals surface area contributed by atoms with Crippen molar-refractivity contribution in [3.63, 3.8) is 0 Å². The van der Waals surface area contributed by atoms with E-state index in [1.807, 2.05) is 12.1 Å². The number of amides is 1. The van der Waals surface area contributed by atoms with Gasteiger partial charge in [-0.05, 0) is 57.3 Å². The quantitative estimate of drug-likeness (QED) is 0.798. The van der Waals surface area contributed by atoms with Crippen LogP contribution in [0.3, 0.4) is 0 Å². The average Bonchev–Trinajstić information content (AvgIpc) is 3.08. The SMILES string of the molecule is CCN(CC)c1ccc(NC(=O)c2ccc(S(=O)(=O)NC)o2)cc1. The Labute approximate surface area is 141 Å². The molecule has 0 radical (unpaired) electrons. The summed E-state index contributed by atoms with van der Waals surface area (Å²) in [5.74, 6) is -0.584. The number of nitrogens with zero attached hydrogens (tertiary/aromatic N) is 1. The zero-order valence-corrected chi connectivity index (χ0v) is 14.7. The predicted molar refractivity (Wildman–Crippen MR) is 92.9 cm³/mol. The van der Waals surface area contributed by atoms with Crippen molar-refractivity contribution >= 4 is 27.3 Å². The highest BCUT2D eigenvalue weighted by molar-refractivity contribution is 7.89. The highest BCUT2D eigenvalue weighted by atomic mass is 32.2. The molecule has 0 saturated carbocycles. The van der Waals surface area contributed by atoms with Crippen LogP contribution in [0.4, 0.5) is 11.4 Å². The summed E-state index contributed by atoms with van der Waals surface area (Å²) in [7, 11) is -2.43. The first-order chi connectivity index (χ1) is 11.4. The van der Waals surface area contributed by atoms with Crippen molar-refractivity contribution in [2.75, 3.05) is 30.4 Å². The molecule has 1 amide bonds. The lowest BCUT2D eigenvalue weighted by atomic mass is 10.2. The van der Waals surface area contributed by atoms with Gasteiger partial charge in [-0.2, -0.15) is 0 Å². The van der Waals surface area contributed by atoms with Gasteiger partial charge in [0.05, 0.1) is 0 Å². The number of hydrogen-bond donors (Lipinski definition) is 2. The molecule has 0 bridgehead atoms. The van der Waals surface area contributed by atoms with Gasteiger partial charge in [0.15, 0.2) is 5.76 Å². The number of carbonyl (C=O) groups excluding carboxylic acids is 1. The van der Waals surface area contributed by atoms with Crippen LogP contribution < -0.4 is 14.9 Å². The largest absolute Gasteiger partial charge is 0.438 e. The van der Waals surface area contributed by atoms with E-state index >= 15 is 0 Å². The molecular formula is C16H21N3O4S. The number of sulfonamides is 1. The van der Waals surface area contributed by atoms with Crippen molar-refractivity contribution in [3.05, 3.63) is 42.2 Å². The summed E-state index contributed by atoms with van der Waals surface area (Å²) < 4.78 is 30.5. The molecule has 1 heterocycles. The van der Waals surface area contributed by atoms with E-state index in [4.69, 9.17) is 4.42 Å². The Morgan fingerprint density at radius 3 is 2.25 bits per heavy atom. The number of benzene rings is 1. The Hall–Kier alpha value is -2.32. The molecule has 1 aromatic carbocycles. The van der Waals surface area contributed by atoms with Gasteiger partial charge in [-0.15, -0.1) is 0 Å². The van der Waals surface area contributed by atoms with E-state index in [1.165, 1.54) is 19.2 Å². The van der Waals surface area contributed by atoms with Crippen molar-refractivity contribution in [1.29, 1.82) is 0 Å². The minimum absolute atomic E-state index is 0.0726. The summed E-state index contributed by atoms with van der Waals surface area (Å²) in [4.78, 5) is 14.3. The molecule has 7 nitrogen and oxygen atoms in total. The highest BCUT2D eigenvalue weighted by Gasteiger charge is 2.19. The number of furan rings is 1. The number of anilines is 2. The number of carbonyl (C=O) groups is 1. The third-order valence-corrected chi connectivity index (χ3v) is 4.88. The van der Waals surface area contributed by atoms with Crippen LogP contribution in [-0.4, -0.2) is 34.5 Å². The van der Waals surface area contributed by atoms with E-state index in [0.29, 0.717) is 5.69 Å². The normalized spacial score (nSPS) is 11.3. The van der Waals surface area contributed by atoms with E-state index in [0.717, 1.165) is 18.8 Å². The van der Waals surface area contributed by atoms with Crippen molar-refractivity contribution in [2.24, 2.45) is 0 Å². The maximum atomic E-state index is 12.1. The minimum Gasteiger partial charge on any atom is -0.438 e. The molecule has 1 aromatic heterocycles. The van der Waals surface area contributed by atoms with E-state index in [2.05, 4.69) is 28.8 Å². The number of rotatable bonds is 7. The smallest absolute Gasteiger partial charge is 0.291 e. The number of hydrogen-bond acceptors (Lipinski definition) is 5. The maximum absolute atomic E-state index is 12.1. The lowest BCUT2D eigenvalue weighted by molar-refractivity contribution is 0.0991. The molecule has 0 aliphatic rings. The second kappa shape index (κ2) is 7.50. The first-order valence-corrected chi connectivity index (χ1v) is 9.09. The van der Waals surface area contributed by atoms with E-state index in [-0.39, 0.29) is 10.9 Å². The van der Waals surface area contributed by atoms with Crippen LogP contribution >= 0.6 is 0 Å². The zero-order chi connectivity index (χ0) is 17.7. The van der Waals surface area contributed by atoms with Crippen LogP contribution in [0.5, 0.6) is 0 Å². The van der Waals surface area contributed by atoms with Gasteiger partial charge < -0.3 is 14.6 Å². The Balaban J connectivity index is 2.10. The minimum atomic E-state index is -3.71. The summed E-state index contributed by atoms with van der Waals surface area (Å²) in [6.45, 7) is 5.95. The first-order valence-electron chi connectivity index (χ1n) is 7.61. The Morgan fingerprint density at radius 2 is 1.71 bits per heavy atom. The van der Waals surface area contributed by atoms with E-state index in [1.54, 1.807) is 12.1 Å². The molecule has 0 saturated heterocycles. The molecule has 0 aliphatic heterocycles. The lowest BCUT2D eigenvalue weighted by Gasteiger charge is -2.21. The molecule has 0 spiro atoms. The molecule has 2 aromatic rings. The van der Waals surface area contributed by atoms with Gasteiger partial charge >= 0.3 is 0 Å². The molecule has 0 unspecified atom stereocenters. The first kappa shape index (κ1) is 18.0. The zero-order valence-electron chi connectivity index (χ0n) is 13.9. The molecule has 8 heteroatoms. The lowest BCUT2D eigenvalue weighted by Crippen LogP contribution is -2.21. The van der Waals surface area contributed by atoms with Gasteiger partial charge in [-0.3, -0.25) is 4.79 Å². The third-order valence-electron chi connectivity index (χ3n) is 3.59. The Bertz CT molecular complexity index is 793. The van der Waals surface area contributed by atoms with Crippen molar-refractivity contribution in [2.45, 2.75) is 18.9 Å². The Kier molecular flexibility index (Phi) is 5.63. The predicted octanol–water partition coefficient (Wildman–Crippen LogP) is 2.29. The third kappa shape index (κ3) is 3.95. The fraction of sp³-hybridized carbons (Fsp3) is 0.312. The molecule has 2 rings (SSSR count). The molecule has 2 N–H and O–H groups in total. The molecule has 0 aliphatic carbocycles. The van der Waals surface area contributed by atoms with Crippen LogP contribution in [0.2, 0.25) is 0 Å². The molecule has 24 heavy (non-hydrogen) atoms. The van der Waals surface area contributed by atoms with Crippen LogP contribution in [0, 0.1) is 0 Å². The van der Waals surface area contributed by atoms with Crippen LogP contribution in [-0.2, 0) is 10.0 Å². The monoisotopic (exact) mass is 351 g/mol. The molecule has 130 valence electrons. The summed E-state index contributed by atoms with van der Waals surface area (Å²) in [6, 6.07) is 9.98. The second-order valence-corrected chi connectivity index (χ2v) is 6.82. The van der Waals surface area contributed by atoms with Gasteiger partial charge in [-0.1, -0.05) is 0 Å². The van der Waals surface area contributed by atoms with Gasteiger partial charge in [0.1, 0.15) is 0 Å². The van der Waals surface area contributed by atoms with Crippen LogP contribution in [0.25, 0.3) is 0 Å². The van der Waals surface area contributed by atoms with E-state index < -0.39 is 15.9 Å². The second-order valence-electron chi connectivity index (χ2n) is 5.00. The Morgan fingerprint density at radius 1 is 1.08 bits per heavy atom. The summed E-state index contributed by atoms with van der Waals surface area (Å²) in [5, 5.41) is 2.38. The molecular weight excluding hydrogens is 330 g/mol. The molecule has 0 fully saturated rings. The summed E-state index contributed by atoms with van der Waals surface area (Å²) in [6.07, 6.45) is 0. The van der Waals surface area contributed by atoms with Crippen LogP contribution in [0.1, 0.15) is 24.4 Å². The topological polar surface area (TPSA) is 91.7 Å². The van der Waals surface area contributed by atoms with Gasteiger partial charge in [0.2, 0.25) is 5.09 Å². The van der Waals surface area contributed by atoms with Crippen molar-refractivity contribution in [1.82, 2.24) is 4.72 Å². The standard InChI is InChI=1S/C16H21N3O4S/c1-4-19(5-2)13-8-6-12(7-9-13)18-16(20)14-10-11-15(23-14)24(21,22)17-3/h6-11,17H,4-5H2,1-3H3,(H,18,20). The highest BCUT2D eigenvalue weighted by Crippen LogP contribution is 2.19. The van der Waals surface area contributed by atoms with Crippen molar-refractivity contribution in [3.8, 4) is 0 Å². The van der Waals surface area contributed by atoms with Crippen LogP contribution in [0.15, 0.2) is 45.9 Å². The van der Waals surface area contributed by atoms with Gasteiger partial charge in [0.25, 0.3) is 15.9 Å². The van der Waals surface area contributed by atoms with Gasteiger partial charge in [-0.25, -0.2) is 13.1 Å². The average molecular weight is 351 g/mol. The van der Waals surface area contributed by atoms with E-state index in [9.17, 15) is 13.2 Å². The number of nitrogens with one attached hydrogen (secondary N) is 2. The summed E-state index contributed by atoms with van der Waals surface area (Å²) in [5.41, 5.74) is 1.67. The summed E-state index contributed by atoms with van der Waals surface area (Å²) >= 11 is 0. The van der Waals surface area contributed by atoms with Gasteiger partial charge in [0, 0.05) is 24.5 Å². The maximum Gasteiger partial charge on any atom is 0.291 e. The molecule has 0 atom stereocenters. The fourth-order valence-electron chi connectivity index (χ4n) is 2.22. The fourth-order valence-corrected chi connectivity index (χ4v) is 2.87.